The zero-order valence-electron chi connectivity index (χ0n) is 15.0. The van der Waals surface area contributed by atoms with E-state index in [-0.39, 0.29) is 5.91 Å². The molecule has 1 aromatic rings. The molecule has 1 saturated heterocycles. The highest BCUT2D eigenvalue weighted by Crippen LogP contribution is 2.26. The van der Waals surface area contributed by atoms with E-state index in [1.165, 1.54) is 31.5 Å². The second kappa shape index (κ2) is 10.3. The Bertz CT molecular complexity index is 501. The molecule has 5 heteroatoms. The molecular weight excluding hydrogens is 302 g/mol. The third-order valence-electron chi connectivity index (χ3n) is 4.54. The largest absolute Gasteiger partial charge is 0.494 e. The monoisotopic (exact) mass is 333 g/mol. The van der Waals surface area contributed by atoms with Crippen LogP contribution in [0.25, 0.3) is 0 Å². The molecule has 1 heterocycles. The van der Waals surface area contributed by atoms with Gasteiger partial charge in [-0.2, -0.15) is 0 Å². The van der Waals surface area contributed by atoms with E-state index in [0.717, 1.165) is 12.2 Å². The average molecular weight is 333 g/mol. The van der Waals surface area contributed by atoms with Crippen LogP contribution in [-0.2, 0) is 4.79 Å². The van der Waals surface area contributed by atoms with Crippen LogP contribution in [0.2, 0.25) is 0 Å². The second-order valence-corrected chi connectivity index (χ2v) is 6.40. The van der Waals surface area contributed by atoms with Gasteiger partial charge in [-0.1, -0.05) is 12.1 Å². The first-order chi connectivity index (χ1) is 11.7. The molecule has 1 unspecified atom stereocenters. The van der Waals surface area contributed by atoms with Crippen molar-refractivity contribution >= 4 is 5.91 Å². The fourth-order valence-electron chi connectivity index (χ4n) is 3.02. The van der Waals surface area contributed by atoms with Crippen molar-refractivity contribution in [1.29, 1.82) is 0 Å². The molecule has 1 aliphatic heterocycles. The van der Waals surface area contributed by atoms with Crippen molar-refractivity contribution in [3.8, 4) is 5.75 Å². The summed E-state index contributed by atoms with van der Waals surface area (Å²) in [6, 6.07) is 8.84. The molecule has 1 atom stereocenters. The predicted molar refractivity (Wildman–Crippen MR) is 97.3 cm³/mol. The van der Waals surface area contributed by atoms with Crippen LogP contribution in [0.15, 0.2) is 24.3 Å². The lowest BCUT2D eigenvalue weighted by Crippen LogP contribution is -2.28. The van der Waals surface area contributed by atoms with Crippen molar-refractivity contribution in [2.45, 2.75) is 38.6 Å². The molecule has 0 saturated carbocycles. The van der Waals surface area contributed by atoms with Gasteiger partial charge in [0.25, 0.3) is 0 Å². The van der Waals surface area contributed by atoms with Gasteiger partial charge in [-0.05, 0) is 64.0 Å². The highest BCUT2D eigenvalue weighted by atomic mass is 16.5. The third kappa shape index (κ3) is 6.13. The van der Waals surface area contributed by atoms with E-state index in [0.29, 0.717) is 32.2 Å². The molecule has 0 aliphatic carbocycles. The minimum atomic E-state index is 0.0887. The summed E-state index contributed by atoms with van der Waals surface area (Å²) in [6.07, 6.45) is 3.95. The standard InChI is InChI=1S/C19H31N3O2/c1-16(22-12-3-4-13-22)17-7-5-8-18(15-17)24-14-6-10-21-19(23)9-11-20-2/h5,7-8,15-16,20H,3-4,6,9-14H2,1-2H3,(H,21,23). The SMILES string of the molecule is CNCCC(=O)NCCCOc1cccc(C(C)N2CCCC2)c1. The Kier molecular flexibility index (Phi) is 8.05. The van der Waals surface area contributed by atoms with Crippen LogP contribution in [0.1, 0.15) is 44.2 Å². The Hall–Kier alpha value is -1.59. The van der Waals surface area contributed by atoms with Gasteiger partial charge in [0.2, 0.25) is 5.91 Å². The van der Waals surface area contributed by atoms with Crippen molar-refractivity contribution in [1.82, 2.24) is 15.5 Å². The summed E-state index contributed by atoms with van der Waals surface area (Å²) in [7, 11) is 1.85. The number of hydrogen-bond donors (Lipinski definition) is 2. The van der Waals surface area contributed by atoms with Gasteiger partial charge in [-0.15, -0.1) is 0 Å². The molecule has 1 aliphatic rings. The van der Waals surface area contributed by atoms with Gasteiger partial charge < -0.3 is 15.4 Å². The van der Waals surface area contributed by atoms with Crippen molar-refractivity contribution in [2.24, 2.45) is 0 Å². The summed E-state index contributed by atoms with van der Waals surface area (Å²) in [4.78, 5) is 14.0. The molecular formula is C19H31N3O2. The van der Waals surface area contributed by atoms with Gasteiger partial charge in [-0.3, -0.25) is 9.69 Å². The van der Waals surface area contributed by atoms with Crippen molar-refractivity contribution < 1.29 is 9.53 Å². The van der Waals surface area contributed by atoms with Crippen LogP contribution < -0.4 is 15.4 Å². The Morgan fingerprint density at radius 1 is 1.29 bits per heavy atom. The number of nitrogens with zero attached hydrogens (tertiary/aromatic N) is 1. The van der Waals surface area contributed by atoms with E-state index in [1.807, 2.05) is 13.1 Å². The van der Waals surface area contributed by atoms with E-state index >= 15 is 0 Å². The molecule has 24 heavy (non-hydrogen) atoms. The van der Waals surface area contributed by atoms with Gasteiger partial charge in [-0.25, -0.2) is 0 Å². The van der Waals surface area contributed by atoms with Gasteiger partial charge in [0.05, 0.1) is 6.61 Å². The maximum atomic E-state index is 11.5. The number of carbonyl (C=O) groups excluding carboxylic acids is 1. The van der Waals surface area contributed by atoms with E-state index in [9.17, 15) is 4.79 Å². The van der Waals surface area contributed by atoms with E-state index in [1.54, 1.807) is 0 Å². The number of amides is 1. The predicted octanol–water partition coefficient (Wildman–Crippen LogP) is 2.34. The lowest BCUT2D eigenvalue weighted by atomic mass is 10.1. The summed E-state index contributed by atoms with van der Waals surface area (Å²) < 4.78 is 5.84. The minimum Gasteiger partial charge on any atom is -0.494 e. The molecule has 1 aromatic carbocycles. The van der Waals surface area contributed by atoms with Crippen molar-refractivity contribution in [3.05, 3.63) is 29.8 Å². The third-order valence-corrected chi connectivity index (χ3v) is 4.54. The summed E-state index contributed by atoms with van der Waals surface area (Å²) in [5.74, 6) is 1.01. The maximum absolute atomic E-state index is 11.5. The Labute approximate surface area is 145 Å². The molecule has 0 spiro atoms. The van der Waals surface area contributed by atoms with Gasteiger partial charge >= 0.3 is 0 Å². The van der Waals surface area contributed by atoms with Crippen LogP contribution in [0.4, 0.5) is 0 Å². The number of hydrogen-bond acceptors (Lipinski definition) is 4. The van der Waals surface area contributed by atoms with Crippen LogP contribution in [0.3, 0.4) is 0 Å². The normalized spacial score (nSPS) is 16.1. The van der Waals surface area contributed by atoms with Crippen LogP contribution in [0.5, 0.6) is 5.75 Å². The molecule has 0 bridgehead atoms. The smallest absolute Gasteiger partial charge is 0.221 e. The van der Waals surface area contributed by atoms with Gasteiger partial charge in [0.1, 0.15) is 5.75 Å². The lowest BCUT2D eigenvalue weighted by Gasteiger charge is -2.24. The van der Waals surface area contributed by atoms with E-state index in [2.05, 4.69) is 40.7 Å². The molecule has 134 valence electrons. The summed E-state index contributed by atoms with van der Waals surface area (Å²) >= 11 is 0. The summed E-state index contributed by atoms with van der Waals surface area (Å²) in [5, 5.41) is 5.87. The molecule has 1 fully saturated rings. The fourth-order valence-corrected chi connectivity index (χ4v) is 3.02. The zero-order valence-corrected chi connectivity index (χ0v) is 15.0. The molecule has 2 rings (SSSR count). The molecule has 2 N–H and O–H groups in total. The summed E-state index contributed by atoms with van der Waals surface area (Å²) in [6.45, 7) is 6.65. The number of nitrogens with one attached hydrogen (secondary N) is 2. The number of likely N-dealkylation sites (tertiary alicyclic amines) is 1. The highest BCUT2D eigenvalue weighted by Gasteiger charge is 2.19. The van der Waals surface area contributed by atoms with Crippen molar-refractivity contribution in [2.75, 3.05) is 39.8 Å². The van der Waals surface area contributed by atoms with Crippen LogP contribution in [-0.4, -0.2) is 50.6 Å². The first-order valence-electron chi connectivity index (χ1n) is 9.09. The average Bonchev–Trinajstić information content (AvgIpc) is 3.14. The topological polar surface area (TPSA) is 53.6 Å². The van der Waals surface area contributed by atoms with Gasteiger partial charge in [0.15, 0.2) is 0 Å². The second-order valence-electron chi connectivity index (χ2n) is 6.40. The first kappa shape index (κ1) is 18.7. The van der Waals surface area contributed by atoms with Crippen LogP contribution in [0, 0.1) is 0 Å². The van der Waals surface area contributed by atoms with E-state index < -0.39 is 0 Å². The Balaban J connectivity index is 1.69. The lowest BCUT2D eigenvalue weighted by molar-refractivity contribution is -0.121. The Morgan fingerprint density at radius 2 is 2.08 bits per heavy atom. The molecule has 1 amide bonds. The number of ether oxygens (including phenoxy) is 1. The maximum Gasteiger partial charge on any atom is 0.221 e. The Morgan fingerprint density at radius 3 is 2.83 bits per heavy atom. The van der Waals surface area contributed by atoms with Crippen LogP contribution >= 0.6 is 0 Å². The summed E-state index contributed by atoms with van der Waals surface area (Å²) in [5.41, 5.74) is 1.31. The quantitative estimate of drug-likeness (QED) is 0.645. The van der Waals surface area contributed by atoms with E-state index in [4.69, 9.17) is 4.74 Å². The first-order valence-corrected chi connectivity index (χ1v) is 9.09. The fraction of sp³-hybridized carbons (Fsp3) is 0.632. The number of carbonyl (C=O) groups is 1. The zero-order chi connectivity index (χ0) is 17.2. The number of rotatable bonds is 10. The highest BCUT2D eigenvalue weighted by molar-refractivity contribution is 5.75. The van der Waals surface area contributed by atoms with Gasteiger partial charge in [0, 0.05) is 25.6 Å². The number of benzene rings is 1. The molecule has 0 aromatic heterocycles. The molecule has 5 nitrogen and oxygen atoms in total. The van der Waals surface area contributed by atoms with Crippen molar-refractivity contribution in [3.63, 3.8) is 0 Å². The molecule has 0 radical (unpaired) electrons. The minimum absolute atomic E-state index is 0.0887.